The number of nitrogens with zero attached hydrogens (tertiary/aromatic N) is 3. The fourth-order valence-electron chi connectivity index (χ4n) is 2.78. The Labute approximate surface area is 165 Å². The van der Waals surface area contributed by atoms with Crippen LogP contribution in [-0.4, -0.2) is 21.0 Å². The first-order valence-electron chi connectivity index (χ1n) is 8.22. The molecule has 0 fully saturated rings. The van der Waals surface area contributed by atoms with Crippen molar-refractivity contribution in [2.45, 2.75) is 13.2 Å². The molecule has 0 atom stereocenters. The van der Waals surface area contributed by atoms with E-state index in [4.69, 9.17) is 9.15 Å². The molecule has 4 aromatic rings. The van der Waals surface area contributed by atoms with Crippen molar-refractivity contribution in [3.05, 3.63) is 79.3 Å². The Hall–Kier alpha value is -3.33. The van der Waals surface area contributed by atoms with Crippen LogP contribution in [-0.2, 0) is 22.7 Å². The van der Waals surface area contributed by atoms with Crippen LogP contribution in [0.4, 0.5) is 0 Å². The van der Waals surface area contributed by atoms with Crippen LogP contribution in [0.5, 0.6) is 0 Å². The Kier molecular flexibility index (Phi) is 4.74. The molecule has 0 aliphatic carbocycles. The zero-order valence-electron chi connectivity index (χ0n) is 14.3. The first kappa shape index (κ1) is 18.1. The molecule has 2 aromatic heterocycles. The summed E-state index contributed by atoms with van der Waals surface area (Å²) < 4.78 is 12.1. The number of fused-ring (bicyclic) bond motifs is 2. The van der Waals surface area contributed by atoms with E-state index in [1.165, 1.54) is 6.07 Å². The topological polar surface area (TPSA) is 104 Å². The molecule has 2 aromatic carbocycles. The number of hydrogen-bond acceptors (Lipinski definition) is 7. The second-order valence-electron chi connectivity index (χ2n) is 5.96. The van der Waals surface area contributed by atoms with Crippen molar-refractivity contribution < 1.29 is 13.9 Å². The highest BCUT2D eigenvalue weighted by Gasteiger charge is 2.12. The molecule has 0 aliphatic rings. The molecule has 0 N–H and O–H groups in total. The van der Waals surface area contributed by atoms with Crippen LogP contribution in [0.1, 0.15) is 5.56 Å². The standard InChI is InChI=1S/C19H12BrN3O5/c20-12-5-6-13-11(7-17(24)28-16(13)8-12)10-27-18(25)9-23-19(26)14-3-1-2-4-15(14)21-22-23/h1-8H,9-10H2. The van der Waals surface area contributed by atoms with Crippen molar-refractivity contribution in [3.63, 3.8) is 0 Å². The maximum Gasteiger partial charge on any atom is 0.336 e. The molecular weight excluding hydrogens is 430 g/mol. The van der Waals surface area contributed by atoms with Crippen LogP contribution < -0.4 is 11.2 Å². The van der Waals surface area contributed by atoms with Gasteiger partial charge in [0.1, 0.15) is 24.3 Å². The highest BCUT2D eigenvalue weighted by atomic mass is 79.9. The number of carbonyl (C=O) groups is 1. The van der Waals surface area contributed by atoms with Crippen LogP contribution in [0.25, 0.3) is 21.9 Å². The molecule has 2 heterocycles. The molecule has 4 rings (SSSR count). The lowest BCUT2D eigenvalue weighted by Crippen LogP contribution is -2.28. The van der Waals surface area contributed by atoms with Crippen molar-refractivity contribution in [1.82, 2.24) is 15.0 Å². The van der Waals surface area contributed by atoms with Gasteiger partial charge in [-0.15, -0.1) is 5.10 Å². The number of carbonyl (C=O) groups excluding carboxylic acids is 1. The van der Waals surface area contributed by atoms with Crippen LogP contribution in [0, 0.1) is 0 Å². The van der Waals surface area contributed by atoms with Gasteiger partial charge in [0.15, 0.2) is 0 Å². The lowest BCUT2D eigenvalue weighted by Gasteiger charge is -2.08. The first-order chi connectivity index (χ1) is 13.5. The van der Waals surface area contributed by atoms with E-state index in [9.17, 15) is 14.4 Å². The maximum absolute atomic E-state index is 12.4. The van der Waals surface area contributed by atoms with Gasteiger partial charge in [0.25, 0.3) is 5.56 Å². The van der Waals surface area contributed by atoms with Gasteiger partial charge in [-0.1, -0.05) is 33.3 Å². The molecule has 0 saturated carbocycles. The molecule has 0 aliphatic heterocycles. The predicted octanol–water partition coefficient (Wildman–Crippen LogP) is 2.40. The summed E-state index contributed by atoms with van der Waals surface area (Å²) in [4.78, 5) is 36.3. The van der Waals surface area contributed by atoms with E-state index in [0.29, 0.717) is 27.4 Å². The number of esters is 1. The van der Waals surface area contributed by atoms with Gasteiger partial charge >= 0.3 is 11.6 Å². The third-order valence-electron chi connectivity index (χ3n) is 4.09. The Bertz CT molecular complexity index is 1330. The minimum absolute atomic E-state index is 0.141. The third kappa shape index (κ3) is 3.56. The summed E-state index contributed by atoms with van der Waals surface area (Å²) in [7, 11) is 0. The predicted molar refractivity (Wildman–Crippen MR) is 104 cm³/mol. The van der Waals surface area contributed by atoms with Gasteiger partial charge in [-0.2, -0.15) is 4.68 Å². The normalized spacial score (nSPS) is 11.0. The first-order valence-corrected chi connectivity index (χ1v) is 9.01. The Balaban J connectivity index is 1.54. The van der Waals surface area contributed by atoms with Crippen LogP contribution in [0.2, 0.25) is 0 Å². The highest BCUT2D eigenvalue weighted by Crippen LogP contribution is 2.22. The quantitative estimate of drug-likeness (QED) is 0.353. The molecule has 0 bridgehead atoms. The summed E-state index contributed by atoms with van der Waals surface area (Å²) in [5, 5.41) is 8.69. The zero-order chi connectivity index (χ0) is 19.7. The van der Waals surface area contributed by atoms with Gasteiger partial charge < -0.3 is 9.15 Å². The van der Waals surface area contributed by atoms with Crippen molar-refractivity contribution in [2.24, 2.45) is 0 Å². The lowest BCUT2D eigenvalue weighted by atomic mass is 10.1. The molecule has 8 nitrogen and oxygen atoms in total. The molecule has 28 heavy (non-hydrogen) atoms. The van der Waals surface area contributed by atoms with E-state index >= 15 is 0 Å². The van der Waals surface area contributed by atoms with E-state index in [-0.39, 0.29) is 13.2 Å². The fraction of sp³-hybridized carbons (Fsp3) is 0.105. The molecular formula is C19H12BrN3O5. The number of ether oxygens (including phenoxy) is 1. The summed E-state index contributed by atoms with van der Waals surface area (Å²) in [6.07, 6.45) is 0. The number of rotatable bonds is 4. The second kappa shape index (κ2) is 7.35. The molecule has 9 heteroatoms. The Morgan fingerprint density at radius 2 is 1.93 bits per heavy atom. The van der Waals surface area contributed by atoms with Gasteiger partial charge in [0.2, 0.25) is 0 Å². The average molecular weight is 442 g/mol. The van der Waals surface area contributed by atoms with Crippen LogP contribution in [0.15, 0.2) is 67.0 Å². The molecule has 0 unspecified atom stereocenters. The van der Waals surface area contributed by atoms with E-state index in [2.05, 4.69) is 26.2 Å². The molecule has 0 amide bonds. The minimum atomic E-state index is -0.676. The van der Waals surface area contributed by atoms with Gasteiger partial charge in [-0.25, -0.2) is 4.79 Å². The molecule has 140 valence electrons. The number of hydrogen-bond donors (Lipinski definition) is 0. The van der Waals surface area contributed by atoms with Gasteiger partial charge in [-0.05, 0) is 30.3 Å². The largest absolute Gasteiger partial charge is 0.459 e. The summed E-state index contributed by atoms with van der Waals surface area (Å²) >= 11 is 3.31. The van der Waals surface area contributed by atoms with Crippen LogP contribution in [0.3, 0.4) is 0 Å². The summed E-state index contributed by atoms with van der Waals surface area (Å²) in [6.45, 7) is -0.528. The van der Waals surface area contributed by atoms with E-state index in [1.807, 2.05) is 0 Å². The average Bonchev–Trinajstić information content (AvgIpc) is 2.68. The van der Waals surface area contributed by atoms with E-state index in [1.54, 1.807) is 42.5 Å². The molecule has 0 radical (unpaired) electrons. The summed E-state index contributed by atoms with van der Waals surface area (Å²) in [5.74, 6) is -0.676. The van der Waals surface area contributed by atoms with Crippen molar-refractivity contribution in [1.29, 1.82) is 0 Å². The van der Waals surface area contributed by atoms with Gasteiger partial charge in [0, 0.05) is 21.5 Å². The third-order valence-corrected chi connectivity index (χ3v) is 4.58. The molecule has 0 spiro atoms. The zero-order valence-corrected chi connectivity index (χ0v) is 15.9. The Morgan fingerprint density at radius 3 is 2.79 bits per heavy atom. The number of aromatic nitrogens is 3. The minimum Gasteiger partial charge on any atom is -0.459 e. The lowest BCUT2D eigenvalue weighted by molar-refractivity contribution is -0.146. The second-order valence-corrected chi connectivity index (χ2v) is 6.88. The fourth-order valence-corrected chi connectivity index (χ4v) is 3.12. The van der Waals surface area contributed by atoms with Crippen molar-refractivity contribution in [2.75, 3.05) is 0 Å². The molecule has 0 saturated heterocycles. The van der Waals surface area contributed by atoms with E-state index < -0.39 is 17.2 Å². The number of benzene rings is 2. The van der Waals surface area contributed by atoms with Crippen molar-refractivity contribution in [3.8, 4) is 0 Å². The van der Waals surface area contributed by atoms with Crippen molar-refractivity contribution >= 4 is 43.8 Å². The monoisotopic (exact) mass is 441 g/mol. The SMILES string of the molecule is O=C(Cn1nnc2ccccc2c1=O)OCc1cc(=O)oc2cc(Br)ccc12. The Morgan fingerprint density at radius 1 is 1.11 bits per heavy atom. The summed E-state index contributed by atoms with van der Waals surface area (Å²) in [5.41, 5.74) is 0.353. The maximum atomic E-state index is 12.4. The smallest absolute Gasteiger partial charge is 0.336 e. The number of halogens is 1. The van der Waals surface area contributed by atoms with Crippen LogP contribution >= 0.6 is 15.9 Å². The highest BCUT2D eigenvalue weighted by molar-refractivity contribution is 9.10. The van der Waals surface area contributed by atoms with Gasteiger partial charge in [-0.3, -0.25) is 9.59 Å². The van der Waals surface area contributed by atoms with E-state index in [0.717, 1.165) is 9.15 Å². The van der Waals surface area contributed by atoms with Gasteiger partial charge in [0.05, 0.1) is 5.39 Å². The summed E-state index contributed by atoms with van der Waals surface area (Å²) in [6, 6.07) is 13.2.